The molecule has 1 saturated heterocycles. The molecule has 98 valence electrons. The molecule has 2 N–H and O–H groups in total. The van der Waals surface area contributed by atoms with E-state index in [0.29, 0.717) is 0 Å². The summed E-state index contributed by atoms with van der Waals surface area (Å²) in [5.41, 5.74) is 1.08. The Kier molecular flexibility index (Phi) is 4.66. The van der Waals surface area contributed by atoms with Gasteiger partial charge in [0.05, 0.1) is 0 Å². The first kappa shape index (κ1) is 13.0. The minimum Gasteiger partial charge on any atom is -0.358 e. The van der Waals surface area contributed by atoms with Crippen molar-refractivity contribution in [1.82, 2.24) is 20.5 Å². The Labute approximate surface area is 108 Å². The van der Waals surface area contributed by atoms with Gasteiger partial charge < -0.3 is 10.6 Å². The van der Waals surface area contributed by atoms with Crippen LogP contribution in [0.15, 0.2) is 24.4 Å². The minimum absolute atomic E-state index is 0.0625. The third kappa shape index (κ3) is 3.27. The van der Waals surface area contributed by atoms with Gasteiger partial charge in [0.1, 0.15) is 6.04 Å². The molecule has 0 saturated carbocycles. The van der Waals surface area contributed by atoms with E-state index < -0.39 is 0 Å². The van der Waals surface area contributed by atoms with Crippen molar-refractivity contribution >= 4 is 5.91 Å². The zero-order valence-corrected chi connectivity index (χ0v) is 10.7. The Balaban J connectivity index is 1.91. The highest BCUT2D eigenvalue weighted by Crippen LogP contribution is 2.05. The van der Waals surface area contributed by atoms with Gasteiger partial charge in [0.15, 0.2) is 0 Å². The molecule has 1 unspecified atom stereocenters. The lowest BCUT2D eigenvalue weighted by molar-refractivity contribution is -0.126. The summed E-state index contributed by atoms with van der Waals surface area (Å²) in [5.74, 6) is 0.0863. The van der Waals surface area contributed by atoms with E-state index in [2.05, 4.69) is 20.5 Å². The van der Waals surface area contributed by atoms with Crippen molar-refractivity contribution in [3.05, 3.63) is 30.1 Å². The predicted octanol–water partition coefficient (Wildman–Crippen LogP) is -0.356. The average Bonchev–Trinajstić information content (AvgIpc) is 2.45. The highest BCUT2D eigenvalue weighted by atomic mass is 16.2. The van der Waals surface area contributed by atoms with Crippen LogP contribution in [0.1, 0.15) is 5.69 Å². The van der Waals surface area contributed by atoms with Gasteiger partial charge in [-0.2, -0.15) is 0 Å². The van der Waals surface area contributed by atoms with Crippen LogP contribution in [0.4, 0.5) is 0 Å². The number of carbonyl (C=O) groups excluding carboxylic acids is 1. The summed E-state index contributed by atoms with van der Waals surface area (Å²) in [5, 5.41) is 5.99. The lowest BCUT2D eigenvalue weighted by Crippen LogP contribution is -2.57. The van der Waals surface area contributed by atoms with Gasteiger partial charge in [0.25, 0.3) is 0 Å². The van der Waals surface area contributed by atoms with E-state index in [-0.39, 0.29) is 11.9 Å². The molecule has 1 amide bonds. The number of nitrogens with zero attached hydrogens (tertiary/aromatic N) is 2. The van der Waals surface area contributed by atoms with Crippen LogP contribution in [0.3, 0.4) is 0 Å². The molecule has 2 rings (SSSR count). The number of nitrogens with one attached hydrogen (secondary N) is 2. The largest absolute Gasteiger partial charge is 0.358 e. The maximum atomic E-state index is 11.8. The Morgan fingerprint density at radius 1 is 1.61 bits per heavy atom. The second-order valence-electron chi connectivity index (χ2n) is 4.44. The van der Waals surface area contributed by atoms with Crippen molar-refractivity contribution in [2.45, 2.75) is 12.5 Å². The van der Waals surface area contributed by atoms with Gasteiger partial charge in [0, 0.05) is 51.5 Å². The standard InChI is InChI=1S/C13H20N4O/c1-14-13(18)12-10-15-7-9-17(12)8-5-11-4-2-3-6-16-11/h2-4,6,12,15H,5,7-10H2,1H3,(H,14,18). The first-order valence-electron chi connectivity index (χ1n) is 6.37. The van der Waals surface area contributed by atoms with Crippen LogP contribution in [0.2, 0.25) is 0 Å². The van der Waals surface area contributed by atoms with E-state index in [0.717, 1.165) is 38.3 Å². The molecule has 1 aromatic rings. The van der Waals surface area contributed by atoms with Crippen molar-refractivity contribution in [3.8, 4) is 0 Å². The quantitative estimate of drug-likeness (QED) is 0.764. The second-order valence-corrected chi connectivity index (χ2v) is 4.44. The number of piperazine rings is 1. The number of amides is 1. The van der Waals surface area contributed by atoms with Crippen LogP contribution in [0.25, 0.3) is 0 Å². The van der Waals surface area contributed by atoms with E-state index in [1.807, 2.05) is 24.4 Å². The first-order valence-corrected chi connectivity index (χ1v) is 6.37. The molecule has 1 aromatic heterocycles. The van der Waals surface area contributed by atoms with Gasteiger partial charge in [-0.3, -0.25) is 14.7 Å². The molecule has 0 aromatic carbocycles. The van der Waals surface area contributed by atoms with Crippen LogP contribution in [-0.4, -0.2) is 55.1 Å². The summed E-state index contributed by atoms with van der Waals surface area (Å²) in [6.45, 7) is 3.44. The van der Waals surface area contributed by atoms with Crippen molar-refractivity contribution in [2.24, 2.45) is 0 Å². The molecule has 1 aliphatic heterocycles. The second kappa shape index (κ2) is 6.47. The third-order valence-electron chi connectivity index (χ3n) is 3.28. The number of hydrogen-bond donors (Lipinski definition) is 2. The molecule has 1 fully saturated rings. The third-order valence-corrected chi connectivity index (χ3v) is 3.28. The fourth-order valence-electron chi connectivity index (χ4n) is 2.24. The normalized spacial score (nSPS) is 20.6. The van der Waals surface area contributed by atoms with Gasteiger partial charge in [-0.1, -0.05) is 6.07 Å². The van der Waals surface area contributed by atoms with E-state index in [4.69, 9.17) is 0 Å². The van der Waals surface area contributed by atoms with Crippen molar-refractivity contribution in [1.29, 1.82) is 0 Å². The van der Waals surface area contributed by atoms with E-state index in [1.54, 1.807) is 7.05 Å². The fourth-order valence-corrected chi connectivity index (χ4v) is 2.24. The van der Waals surface area contributed by atoms with Gasteiger partial charge in [-0.25, -0.2) is 0 Å². The molecule has 0 aliphatic carbocycles. The molecule has 0 radical (unpaired) electrons. The summed E-state index contributed by atoms with van der Waals surface area (Å²) in [7, 11) is 1.69. The molecule has 0 spiro atoms. The highest BCUT2D eigenvalue weighted by Gasteiger charge is 2.27. The van der Waals surface area contributed by atoms with E-state index in [9.17, 15) is 4.79 Å². The van der Waals surface area contributed by atoms with E-state index in [1.165, 1.54) is 0 Å². The smallest absolute Gasteiger partial charge is 0.238 e. The van der Waals surface area contributed by atoms with Crippen molar-refractivity contribution in [2.75, 3.05) is 33.2 Å². The fraction of sp³-hybridized carbons (Fsp3) is 0.538. The Morgan fingerprint density at radius 3 is 3.22 bits per heavy atom. The van der Waals surface area contributed by atoms with Crippen molar-refractivity contribution in [3.63, 3.8) is 0 Å². The SMILES string of the molecule is CNC(=O)C1CNCCN1CCc1ccccn1. The zero-order chi connectivity index (χ0) is 12.8. The Morgan fingerprint density at radius 2 is 2.50 bits per heavy atom. The van der Waals surface area contributed by atoms with Gasteiger partial charge >= 0.3 is 0 Å². The van der Waals surface area contributed by atoms with Crippen LogP contribution in [0.5, 0.6) is 0 Å². The number of aromatic nitrogens is 1. The number of likely N-dealkylation sites (N-methyl/N-ethyl adjacent to an activating group) is 1. The summed E-state index contributed by atoms with van der Waals surface area (Å²) >= 11 is 0. The molecule has 0 bridgehead atoms. The van der Waals surface area contributed by atoms with Crippen LogP contribution >= 0.6 is 0 Å². The molecule has 5 nitrogen and oxygen atoms in total. The van der Waals surface area contributed by atoms with Gasteiger partial charge in [0.2, 0.25) is 5.91 Å². The summed E-state index contributed by atoms with van der Waals surface area (Å²) in [6.07, 6.45) is 2.69. The topological polar surface area (TPSA) is 57.3 Å². The average molecular weight is 248 g/mol. The lowest BCUT2D eigenvalue weighted by atomic mass is 10.1. The number of hydrogen-bond acceptors (Lipinski definition) is 4. The molecule has 2 heterocycles. The Bertz CT molecular complexity index is 382. The molecule has 5 heteroatoms. The van der Waals surface area contributed by atoms with Gasteiger partial charge in [-0.05, 0) is 12.1 Å². The summed E-state index contributed by atoms with van der Waals surface area (Å²) < 4.78 is 0. The molecule has 18 heavy (non-hydrogen) atoms. The zero-order valence-electron chi connectivity index (χ0n) is 10.7. The minimum atomic E-state index is -0.0625. The lowest BCUT2D eigenvalue weighted by Gasteiger charge is -2.34. The maximum absolute atomic E-state index is 11.8. The highest BCUT2D eigenvalue weighted by molar-refractivity contribution is 5.81. The molecular weight excluding hydrogens is 228 g/mol. The van der Waals surface area contributed by atoms with Crippen LogP contribution < -0.4 is 10.6 Å². The molecule has 1 aliphatic rings. The summed E-state index contributed by atoms with van der Waals surface area (Å²) in [4.78, 5) is 18.3. The van der Waals surface area contributed by atoms with Crippen LogP contribution in [-0.2, 0) is 11.2 Å². The summed E-state index contributed by atoms with van der Waals surface area (Å²) in [6, 6.07) is 5.88. The van der Waals surface area contributed by atoms with Gasteiger partial charge in [-0.15, -0.1) is 0 Å². The number of carbonyl (C=O) groups is 1. The van der Waals surface area contributed by atoms with Crippen molar-refractivity contribution < 1.29 is 4.79 Å². The maximum Gasteiger partial charge on any atom is 0.238 e. The van der Waals surface area contributed by atoms with Crippen LogP contribution in [0, 0.1) is 0 Å². The van der Waals surface area contributed by atoms with E-state index >= 15 is 0 Å². The molecule has 1 atom stereocenters. The predicted molar refractivity (Wildman–Crippen MR) is 70.2 cm³/mol. The monoisotopic (exact) mass is 248 g/mol. The first-order chi connectivity index (χ1) is 8.81. The Hall–Kier alpha value is -1.46. The number of pyridine rings is 1. The number of rotatable bonds is 4. The molecular formula is C13H20N4O.